The SMILES string of the molecule is CC1CCC(c2ccc(C(=O)Oc3cc[c-]cc3)cc2)CC1.[Y+3]. The Kier molecular flexibility index (Phi) is 6.98. The molecule has 0 radical (unpaired) electrons. The Labute approximate surface area is 163 Å². The van der Waals surface area contributed by atoms with E-state index < -0.39 is 0 Å². The predicted molar refractivity (Wildman–Crippen MR) is 87.1 cm³/mol. The second kappa shape index (κ2) is 8.75. The van der Waals surface area contributed by atoms with Gasteiger partial charge >= 0.3 is 38.7 Å². The summed E-state index contributed by atoms with van der Waals surface area (Å²) in [5, 5.41) is 0. The molecule has 0 saturated heterocycles. The maximum absolute atomic E-state index is 12.1. The number of carbonyl (C=O) groups excluding carboxylic acids is 1. The van der Waals surface area contributed by atoms with E-state index in [1.165, 1.54) is 31.2 Å². The van der Waals surface area contributed by atoms with Gasteiger partial charge < -0.3 is 4.74 Å². The maximum atomic E-state index is 12.1. The molecule has 1 aliphatic rings. The molecule has 1 fully saturated rings. The summed E-state index contributed by atoms with van der Waals surface area (Å²) in [6.07, 6.45) is 5.12. The van der Waals surface area contributed by atoms with Gasteiger partial charge in [0.2, 0.25) is 0 Å². The van der Waals surface area contributed by atoms with Gasteiger partial charge in [0.15, 0.2) is 0 Å². The van der Waals surface area contributed by atoms with Crippen LogP contribution in [0.25, 0.3) is 0 Å². The standard InChI is InChI=1S/C20H21O2.Y/c1-15-7-9-16(10-8-15)17-11-13-18(14-12-17)20(21)22-19-5-3-2-4-6-19;/h3-6,11-16H,7-10H2,1H3;/q-1;+3. The van der Waals surface area contributed by atoms with E-state index in [9.17, 15) is 4.79 Å². The Morgan fingerprint density at radius 1 is 1.00 bits per heavy atom. The zero-order valence-electron chi connectivity index (χ0n) is 13.5. The van der Waals surface area contributed by atoms with Crippen molar-refractivity contribution in [1.82, 2.24) is 0 Å². The minimum atomic E-state index is -0.310. The van der Waals surface area contributed by atoms with Gasteiger partial charge in [-0.25, -0.2) is 4.79 Å². The van der Waals surface area contributed by atoms with E-state index in [1.807, 2.05) is 12.1 Å². The maximum Gasteiger partial charge on any atom is 3.00 e. The Hall–Kier alpha value is -0.986. The molecule has 114 valence electrons. The Morgan fingerprint density at radius 2 is 1.61 bits per heavy atom. The van der Waals surface area contributed by atoms with Crippen molar-refractivity contribution >= 4 is 5.97 Å². The van der Waals surface area contributed by atoms with Crippen molar-refractivity contribution in [3.8, 4) is 5.75 Å². The number of hydrogen-bond acceptors (Lipinski definition) is 2. The Balaban J connectivity index is 0.00000192. The number of esters is 1. The van der Waals surface area contributed by atoms with Gasteiger partial charge in [0.05, 0.1) is 5.56 Å². The quantitative estimate of drug-likeness (QED) is 0.424. The van der Waals surface area contributed by atoms with Gasteiger partial charge in [0.25, 0.3) is 0 Å². The summed E-state index contributed by atoms with van der Waals surface area (Å²) >= 11 is 0. The fourth-order valence-electron chi connectivity index (χ4n) is 3.09. The van der Waals surface area contributed by atoms with Crippen molar-refractivity contribution in [3.05, 3.63) is 65.7 Å². The van der Waals surface area contributed by atoms with Crippen molar-refractivity contribution in [2.45, 2.75) is 38.5 Å². The molecule has 0 heterocycles. The van der Waals surface area contributed by atoms with Crippen LogP contribution in [0.15, 0.2) is 48.5 Å². The fraction of sp³-hybridized carbons (Fsp3) is 0.350. The molecule has 2 aromatic carbocycles. The molecule has 3 heteroatoms. The van der Waals surface area contributed by atoms with Crippen LogP contribution >= 0.6 is 0 Å². The summed E-state index contributed by atoms with van der Waals surface area (Å²) in [4.78, 5) is 12.1. The van der Waals surface area contributed by atoms with Crippen LogP contribution in [0.1, 0.15) is 54.4 Å². The second-order valence-corrected chi connectivity index (χ2v) is 6.20. The van der Waals surface area contributed by atoms with Gasteiger partial charge in [-0.3, -0.25) is 0 Å². The molecule has 2 nitrogen and oxygen atoms in total. The minimum absolute atomic E-state index is 0. The number of hydrogen-bond donors (Lipinski definition) is 0. The van der Waals surface area contributed by atoms with E-state index in [0.29, 0.717) is 17.2 Å². The molecule has 0 aromatic heterocycles. The molecule has 0 spiro atoms. The van der Waals surface area contributed by atoms with Crippen LogP contribution < -0.4 is 4.74 Å². The molecular formula is C20H21O2Y+2. The molecule has 23 heavy (non-hydrogen) atoms. The van der Waals surface area contributed by atoms with Gasteiger partial charge in [0.1, 0.15) is 0 Å². The molecule has 3 rings (SSSR count). The van der Waals surface area contributed by atoms with Crippen molar-refractivity contribution in [2.24, 2.45) is 5.92 Å². The third-order valence-electron chi connectivity index (χ3n) is 4.53. The number of benzene rings is 2. The molecule has 0 amide bonds. The first-order valence-corrected chi connectivity index (χ1v) is 8.00. The van der Waals surface area contributed by atoms with Crippen LogP contribution in [0.4, 0.5) is 0 Å². The number of carbonyl (C=O) groups is 1. The van der Waals surface area contributed by atoms with Crippen LogP contribution in [-0.4, -0.2) is 5.97 Å². The summed E-state index contributed by atoms with van der Waals surface area (Å²) in [5.74, 6) is 1.74. The molecule has 2 aromatic rings. The number of ether oxygens (including phenoxy) is 1. The van der Waals surface area contributed by atoms with Gasteiger partial charge in [-0.15, -0.1) is 12.1 Å². The largest absolute Gasteiger partial charge is 3.00 e. The van der Waals surface area contributed by atoms with Crippen molar-refractivity contribution in [3.63, 3.8) is 0 Å². The van der Waals surface area contributed by atoms with E-state index in [1.54, 1.807) is 24.3 Å². The van der Waals surface area contributed by atoms with E-state index in [4.69, 9.17) is 4.74 Å². The van der Waals surface area contributed by atoms with Crippen molar-refractivity contribution < 1.29 is 42.2 Å². The summed E-state index contributed by atoms with van der Waals surface area (Å²) < 4.78 is 5.34. The zero-order chi connectivity index (χ0) is 15.4. The van der Waals surface area contributed by atoms with E-state index in [-0.39, 0.29) is 38.7 Å². The van der Waals surface area contributed by atoms with Crippen molar-refractivity contribution in [1.29, 1.82) is 0 Å². The molecule has 0 atom stereocenters. The second-order valence-electron chi connectivity index (χ2n) is 6.20. The molecule has 0 bridgehead atoms. The van der Waals surface area contributed by atoms with Gasteiger partial charge in [0, 0.05) is 5.75 Å². The summed E-state index contributed by atoms with van der Waals surface area (Å²) in [6.45, 7) is 2.33. The van der Waals surface area contributed by atoms with Crippen molar-refractivity contribution in [2.75, 3.05) is 0 Å². The third-order valence-corrected chi connectivity index (χ3v) is 4.53. The third kappa shape index (κ3) is 4.99. The van der Waals surface area contributed by atoms with Crippen LogP contribution in [-0.2, 0) is 32.7 Å². The van der Waals surface area contributed by atoms with E-state index in [0.717, 1.165) is 5.92 Å². The molecule has 0 unspecified atom stereocenters. The van der Waals surface area contributed by atoms with Gasteiger partial charge in [-0.1, -0.05) is 31.9 Å². The summed E-state index contributed by atoms with van der Waals surface area (Å²) in [5.41, 5.74) is 1.94. The molecule has 1 saturated carbocycles. The van der Waals surface area contributed by atoms with Gasteiger partial charge in [-0.05, 0) is 42.4 Å². The monoisotopic (exact) mass is 382 g/mol. The fourth-order valence-corrected chi connectivity index (χ4v) is 3.09. The van der Waals surface area contributed by atoms with E-state index >= 15 is 0 Å². The van der Waals surface area contributed by atoms with Gasteiger partial charge in [-0.2, -0.15) is 18.2 Å². The average molecular weight is 382 g/mol. The van der Waals surface area contributed by atoms with Crippen LogP contribution in [0, 0.1) is 12.0 Å². The minimum Gasteiger partial charge on any atom is -0.450 e. The Morgan fingerprint density at radius 3 is 2.22 bits per heavy atom. The Bertz CT molecular complexity index is 614. The summed E-state index contributed by atoms with van der Waals surface area (Å²) in [7, 11) is 0. The first kappa shape index (κ1) is 18.4. The smallest absolute Gasteiger partial charge is 0.450 e. The van der Waals surface area contributed by atoms with Crippen LogP contribution in [0.3, 0.4) is 0 Å². The van der Waals surface area contributed by atoms with Crippen LogP contribution in [0.2, 0.25) is 0 Å². The topological polar surface area (TPSA) is 26.3 Å². The predicted octanol–water partition coefficient (Wildman–Crippen LogP) is 5.00. The zero-order valence-corrected chi connectivity index (χ0v) is 16.3. The molecule has 0 N–H and O–H groups in total. The normalized spacial score (nSPS) is 20.4. The van der Waals surface area contributed by atoms with E-state index in [2.05, 4.69) is 25.1 Å². The first-order valence-electron chi connectivity index (χ1n) is 8.00. The first-order chi connectivity index (χ1) is 10.7. The average Bonchev–Trinajstić information content (AvgIpc) is 2.57. The summed E-state index contributed by atoms with van der Waals surface area (Å²) in [6, 6.07) is 17.7. The van der Waals surface area contributed by atoms with Crippen LogP contribution in [0.5, 0.6) is 5.75 Å². The molecule has 1 aliphatic carbocycles. The molecule has 0 aliphatic heterocycles. The molecular weight excluding hydrogens is 361 g/mol. The number of rotatable bonds is 3.